The zero-order chi connectivity index (χ0) is 9.84. The number of ether oxygens (including phenoxy) is 1. The van der Waals surface area contributed by atoms with Crippen molar-refractivity contribution in [3.8, 4) is 5.75 Å². The monoisotopic (exact) mass is 243 g/mol. The van der Waals surface area contributed by atoms with E-state index in [4.69, 9.17) is 10.5 Å². The van der Waals surface area contributed by atoms with Gasteiger partial charge in [-0.1, -0.05) is 28.9 Å². The summed E-state index contributed by atoms with van der Waals surface area (Å²) < 4.78 is 6.11. The molecule has 0 heterocycles. The average molecular weight is 244 g/mol. The van der Waals surface area contributed by atoms with Gasteiger partial charge in [-0.3, -0.25) is 0 Å². The Morgan fingerprint density at radius 2 is 2.23 bits per heavy atom. The summed E-state index contributed by atoms with van der Waals surface area (Å²) in [6.07, 6.45) is 0.935. The first-order chi connectivity index (χ1) is 6.19. The fourth-order valence-electron chi connectivity index (χ4n) is 1.16. The molecule has 2 N–H and O–H groups in total. The molecule has 0 saturated heterocycles. The normalized spacial score (nSPS) is 12.6. The molecule has 0 bridgehead atoms. The van der Waals surface area contributed by atoms with Crippen LogP contribution in [0.2, 0.25) is 0 Å². The van der Waals surface area contributed by atoms with Gasteiger partial charge >= 0.3 is 0 Å². The second-order valence-electron chi connectivity index (χ2n) is 2.90. The molecule has 0 aromatic heterocycles. The summed E-state index contributed by atoms with van der Waals surface area (Å²) in [6.45, 7) is 2.07. The Bertz CT molecular complexity index is 288. The van der Waals surface area contributed by atoms with E-state index in [2.05, 4.69) is 22.9 Å². The second-order valence-corrected chi connectivity index (χ2v) is 3.76. The van der Waals surface area contributed by atoms with Gasteiger partial charge in [-0.15, -0.1) is 0 Å². The molecule has 13 heavy (non-hydrogen) atoms. The van der Waals surface area contributed by atoms with Crippen LogP contribution in [-0.4, -0.2) is 7.11 Å². The fourth-order valence-corrected chi connectivity index (χ4v) is 1.81. The van der Waals surface area contributed by atoms with Gasteiger partial charge in [0.2, 0.25) is 0 Å². The van der Waals surface area contributed by atoms with Crippen LogP contribution in [0.5, 0.6) is 5.75 Å². The Labute approximate surface area is 87.2 Å². The lowest BCUT2D eigenvalue weighted by atomic mass is 10.1. The van der Waals surface area contributed by atoms with Crippen molar-refractivity contribution in [2.24, 2.45) is 5.73 Å². The maximum Gasteiger partial charge on any atom is 0.120 e. The highest BCUT2D eigenvalue weighted by Crippen LogP contribution is 2.27. The lowest BCUT2D eigenvalue weighted by Crippen LogP contribution is -2.09. The summed E-state index contributed by atoms with van der Waals surface area (Å²) >= 11 is 3.47. The van der Waals surface area contributed by atoms with Crippen molar-refractivity contribution in [3.63, 3.8) is 0 Å². The standard InChI is InChI=1S/C10H14BrNO/c1-3-10(12)8-5-4-7(13-2)6-9(8)11/h4-6,10H,3,12H2,1-2H3/t10-/m0/s1. The van der Waals surface area contributed by atoms with Crippen LogP contribution in [0.3, 0.4) is 0 Å². The summed E-state index contributed by atoms with van der Waals surface area (Å²) in [4.78, 5) is 0. The van der Waals surface area contributed by atoms with Gasteiger partial charge in [0.1, 0.15) is 5.75 Å². The lowest BCUT2D eigenvalue weighted by Gasteiger charge is -2.12. The minimum atomic E-state index is 0.0975. The second kappa shape index (κ2) is 4.63. The fraction of sp³-hybridized carbons (Fsp3) is 0.400. The molecule has 0 fully saturated rings. The van der Waals surface area contributed by atoms with Crippen LogP contribution in [0.1, 0.15) is 24.9 Å². The van der Waals surface area contributed by atoms with Gasteiger partial charge in [0.05, 0.1) is 7.11 Å². The summed E-state index contributed by atoms with van der Waals surface area (Å²) in [7, 11) is 1.65. The van der Waals surface area contributed by atoms with Crippen molar-refractivity contribution >= 4 is 15.9 Å². The van der Waals surface area contributed by atoms with E-state index in [1.165, 1.54) is 0 Å². The zero-order valence-electron chi connectivity index (χ0n) is 7.88. The Morgan fingerprint density at radius 1 is 1.54 bits per heavy atom. The van der Waals surface area contributed by atoms with Gasteiger partial charge in [0, 0.05) is 10.5 Å². The number of nitrogens with two attached hydrogens (primary N) is 1. The van der Waals surface area contributed by atoms with E-state index in [9.17, 15) is 0 Å². The number of halogens is 1. The number of hydrogen-bond acceptors (Lipinski definition) is 2. The zero-order valence-corrected chi connectivity index (χ0v) is 9.47. The minimum absolute atomic E-state index is 0.0975. The van der Waals surface area contributed by atoms with Crippen LogP contribution in [0.25, 0.3) is 0 Å². The summed E-state index contributed by atoms with van der Waals surface area (Å²) in [5.74, 6) is 0.846. The summed E-state index contributed by atoms with van der Waals surface area (Å²) in [5, 5.41) is 0. The van der Waals surface area contributed by atoms with E-state index in [1.54, 1.807) is 7.11 Å². The highest BCUT2D eigenvalue weighted by Gasteiger charge is 2.07. The van der Waals surface area contributed by atoms with Crippen LogP contribution in [0, 0.1) is 0 Å². The highest BCUT2D eigenvalue weighted by molar-refractivity contribution is 9.10. The largest absolute Gasteiger partial charge is 0.497 e. The number of methoxy groups -OCH3 is 1. The predicted octanol–water partition coefficient (Wildman–Crippen LogP) is 2.87. The molecule has 0 saturated carbocycles. The first kappa shape index (κ1) is 10.5. The topological polar surface area (TPSA) is 35.2 Å². The van der Waals surface area contributed by atoms with Crippen LogP contribution in [0.15, 0.2) is 22.7 Å². The molecule has 0 aliphatic rings. The molecular weight excluding hydrogens is 230 g/mol. The van der Waals surface area contributed by atoms with E-state index in [0.29, 0.717) is 0 Å². The van der Waals surface area contributed by atoms with Crippen LogP contribution in [0.4, 0.5) is 0 Å². The van der Waals surface area contributed by atoms with E-state index >= 15 is 0 Å². The molecule has 1 rings (SSSR count). The first-order valence-electron chi connectivity index (χ1n) is 4.28. The van der Waals surface area contributed by atoms with Gasteiger partial charge in [0.15, 0.2) is 0 Å². The van der Waals surface area contributed by atoms with Crippen molar-refractivity contribution in [2.45, 2.75) is 19.4 Å². The van der Waals surface area contributed by atoms with Crippen LogP contribution in [-0.2, 0) is 0 Å². The quantitative estimate of drug-likeness (QED) is 0.887. The molecule has 0 radical (unpaired) electrons. The smallest absolute Gasteiger partial charge is 0.120 e. The third-order valence-corrected chi connectivity index (χ3v) is 2.73. The third kappa shape index (κ3) is 2.45. The van der Waals surface area contributed by atoms with Gasteiger partial charge < -0.3 is 10.5 Å². The van der Waals surface area contributed by atoms with Crippen molar-refractivity contribution < 1.29 is 4.74 Å². The van der Waals surface area contributed by atoms with Crippen LogP contribution < -0.4 is 10.5 Å². The molecular formula is C10H14BrNO. The maximum atomic E-state index is 5.92. The molecule has 3 heteroatoms. The Kier molecular flexibility index (Phi) is 3.75. The average Bonchev–Trinajstić information content (AvgIpc) is 2.16. The number of rotatable bonds is 3. The Morgan fingerprint density at radius 3 is 2.69 bits per heavy atom. The molecule has 0 unspecified atom stereocenters. The Hall–Kier alpha value is -0.540. The van der Waals surface area contributed by atoms with E-state index in [-0.39, 0.29) is 6.04 Å². The van der Waals surface area contributed by atoms with E-state index < -0.39 is 0 Å². The van der Waals surface area contributed by atoms with Crippen molar-refractivity contribution in [1.82, 2.24) is 0 Å². The molecule has 2 nitrogen and oxygen atoms in total. The first-order valence-corrected chi connectivity index (χ1v) is 5.07. The predicted molar refractivity (Wildman–Crippen MR) is 57.9 cm³/mol. The maximum absolute atomic E-state index is 5.92. The van der Waals surface area contributed by atoms with Crippen molar-refractivity contribution in [1.29, 1.82) is 0 Å². The lowest BCUT2D eigenvalue weighted by molar-refractivity contribution is 0.414. The minimum Gasteiger partial charge on any atom is -0.497 e. The van der Waals surface area contributed by atoms with Crippen molar-refractivity contribution in [3.05, 3.63) is 28.2 Å². The van der Waals surface area contributed by atoms with Crippen LogP contribution >= 0.6 is 15.9 Å². The highest BCUT2D eigenvalue weighted by atomic mass is 79.9. The molecule has 0 spiro atoms. The molecule has 1 aromatic carbocycles. The van der Waals surface area contributed by atoms with Crippen molar-refractivity contribution in [2.75, 3.05) is 7.11 Å². The number of benzene rings is 1. The third-order valence-electron chi connectivity index (χ3n) is 2.05. The molecule has 1 atom stereocenters. The van der Waals surface area contributed by atoms with Gasteiger partial charge in [-0.2, -0.15) is 0 Å². The summed E-state index contributed by atoms with van der Waals surface area (Å²) in [5.41, 5.74) is 7.04. The Balaban J connectivity index is 2.98. The van der Waals surface area contributed by atoms with Gasteiger partial charge in [0.25, 0.3) is 0 Å². The molecule has 72 valence electrons. The number of hydrogen-bond donors (Lipinski definition) is 1. The SMILES string of the molecule is CC[C@H](N)c1ccc(OC)cc1Br. The molecule has 1 aromatic rings. The molecule has 0 aliphatic heterocycles. The van der Waals surface area contributed by atoms with E-state index in [0.717, 1.165) is 22.2 Å². The van der Waals surface area contributed by atoms with E-state index in [1.807, 2.05) is 18.2 Å². The van der Waals surface area contributed by atoms with Gasteiger partial charge in [-0.05, 0) is 24.1 Å². The molecule has 0 amide bonds. The summed E-state index contributed by atoms with van der Waals surface area (Å²) in [6, 6.07) is 5.96. The molecule has 0 aliphatic carbocycles. The van der Waals surface area contributed by atoms with Gasteiger partial charge in [-0.25, -0.2) is 0 Å².